The van der Waals surface area contributed by atoms with Gasteiger partial charge in [0.25, 0.3) is 0 Å². The van der Waals surface area contributed by atoms with Gasteiger partial charge in [0.05, 0.1) is 12.6 Å². The molecule has 0 aromatic carbocycles. The van der Waals surface area contributed by atoms with E-state index in [9.17, 15) is 5.26 Å². The van der Waals surface area contributed by atoms with Crippen LogP contribution in [0.15, 0.2) is 11.5 Å². The Morgan fingerprint density at radius 2 is 1.77 bits per heavy atom. The van der Waals surface area contributed by atoms with Gasteiger partial charge in [-0.1, -0.05) is 0 Å². The first-order valence-electron chi connectivity index (χ1n) is 10.2. The highest BCUT2D eigenvalue weighted by Gasteiger charge is 2.29. The van der Waals surface area contributed by atoms with Crippen LogP contribution in [0.2, 0.25) is 0 Å². The summed E-state index contributed by atoms with van der Waals surface area (Å²) in [7, 11) is 0. The summed E-state index contributed by atoms with van der Waals surface area (Å²) in [5.41, 5.74) is 0.262. The predicted molar refractivity (Wildman–Crippen MR) is 103 cm³/mol. The fourth-order valence-electron chi connectivity index (χ4n) is 4.58. The lowest BCUT2D eigenvalue weighted by Gasteiger charge is -2.29. The summed E-state index contributed by atoms with van der Waals surface area (Å²) in [6, 6.07) is 2.80. The van der Waals surface area contributed by atoms with Crippen molar-refractivity contribution in [1.29, 1.82) is 5.26 Å². The summed E-state index contributed by atoms with van der Waals surface area (Å²) in [4.78, 5) is 13.2. The van der Waals surface area contributed by atoms with Gasteiger partial charge in [-0.05, 0) is 65.2 Å². The van der Waals surface area contributed by atoms with Gasteiger partial charge in [0, 0.05) is 38.8 Å². The van der Waals surface area contributed by atoms with Gasteiger partial charge in [-0.15, -0.1) is 0 Å². The topological polar surface area (TPSA) is 41.1 Å². The normalized spacial score (nSPS) is 26.3. The van der Waals surface area contributed by atoms with Gasteiger partial charge in [0.15, 0.2) is 0 Å². The van der Waals surface area contributed by atoms with Crippen molar-refractivity contribution >= 4 is 0 Å². The molecule has 3 fully saturated rings. The number of rotatable bonds is 7. The lowest BCUT2D eigenvalue weighted by molar-refractivity contribution is 0.227. The third-order valence-corrected chi connectivity index (χ3v) is 6.12. The second-order valence-electron chi connectivity index (χ2n) is 7.80. The molecular formula is C20H32N6. The zero-order valence-electron chi connectivity index (χ0n) is 16.2. The Hall–Kier alpha value is -1.76. The molecule has 3 aliphatic rings. The van der Waals surface area contributed by atoms with Crippen LogP contribution < -0.4 is 0 Å². The highest BCUT2D eigenvalue weighted by molar-refractivity contribution is 5.33. The highest BCUT2D eigenvalue weighted by atomic mass is 15.4. The maximum Gasteiger partial charge on any atom is 0.300 e. The van der Waals surface area contributed by atoms with E-state index in [1.807, 2.05) is 0 Å². The van der Waals surface area contributed by atoms with Gasteiger partial charge >= 0.3 is 5.70 Å². The molecule has 0 aromatic heterocycles. The maximum atomic E-state index is 9.45. The molecule has 3 rings (SSSR count). The van der Waals surface area contributed by atoms with Crippen molar-refractivity contribution in [1.82, 2.24) is 19.6 Å². The molecule has 0 spiro atoms. The van der Waals surface area contributed by atoms with Crippen LogP contribution in [-0.2, 0) is 0 Å². The van der Waals surface area contributed by atoms with Crippen molar-refractivity contribution in [2.75, 3.05) is 58.9 Å². The smallest absolute Gasteiger partial charge is 0.300 e. The van der Waals surface area contributed by atoms with Gasteiger partial charge in [-0.2, -0.15) is 0 Å². The Morgan fingerprint density at radius 3 is 2.38 bits per heavy atom. The number of hydrogen-bond donors (Lipinski definition) is 0. The fraction of sp³-hybridized carbons (Fsp3) is 0.800. The van der Waals surface area contributed by atoms with E-state index in [1.165, 1.54) is 45.3 Å². The SMILES string of the molecule is [C-]#[N+]C(C#N)=C1N(CCCN2CCCC2)CCN1CCN1CCCC1C. The molecule has 26 heavy (non-hydrogen) atoms. The summed E-state index contributed by atoms with van der Waals surface area (Å²) < 4.78 is 0. The summed E-state index contributed by atoms with van der Waals surface area (Å²) in [6.45, 7) is 19.3. The summed E-state index contributed by atoms with van der Waals surface area (Å²) in [5.74, 6) is 0.885. The first-order chi connectivity index (χ1) is 12.7. The summed E-state index contributed by atoms with van der Waals surface area (Å²) in [6.07, 6.45) is 6.34. The lowest BCUT2D eigenvalue weighted by atomic mass is 10.2. The quantitative estimate of drug-likeness (QED) is 0.517. The Balaban J connectivity index is 1.57. The van der Waals surface area contributed by atoms with Crippen LogP contribution >= 0.6 is 0 Å². The van der Waals surface area contributed by atoms with E-state index in [0.717, 1.165) is 51.5 Å². The molecule has 0 bridgehead atoms. The minimum atomic E-state index is 0.262. The van der Waals surface area contributed by atoms with Crippen molar-refractivity contribution < 1.29 is 0 Å². The van der Waals surface area contributed by atoms with Gasteiger partial charge in [-0.3, -0.25) is 4.90 Å². The van der Waals surface area contributed by atoms with Gasteiger partial charge in [0.1, 0.15) is 5.82 Å². The Labute approximate surface area is 158 Å². The van der Waals surface area contributed by atoms with Gasteiger partial charge < -0.3 is 14.7 Å². The van der Waals surface area contributed by atoms with Crippen LogP contribution in [-0.4, -0.2) is 84.5 Å². The van der Waals surface area contributed by atoms with Crippen LogP contribution in [0.5, 0.6) is 0 Å². The number of hydrogen-bond acceptors (Lipinski definition) is 5. The van der Waals surface area contributed by atoms with Crippen molar-refractivity contribution in [2.24, 2.45) is 0 Å². The van der Waals surface area contributed by atoms with Gasteiger partial charge in [0.2, 0.25) is 0 Å². The molecule has 3 aliphatic heterocycles. The molecule has 0 aromatic rings. The number of nitrogens with zero attached hydrogens (tertiary/aromatic N) is 6. The molecular weight excluding hydrogens is 324 g/mol. The first kappa shape index (κ1) is 19.0. The van der Waals surface area contributed by atoms with Crippen LogP contribution in [0.1, 0.15) is 39.0 Å². The van der Waals surface area contributed by atoms with E-state index in [0.29, 0.717) is 6.04 Å². The molecule has 3 heterocycles. The summed E-state index contributed by atoms with van der Waals surface area (Å²) >= 11 is 0. The molecule has 6 nitrogen and oxygen atoms in total. The van der Waals surface area contributed by atoms with Crippen LogP contribution in [0.3, 0.4) is 0 Å². The average Bonchev–Trinajstić information content (AvgIpc) is 3.38. The minimum Gasteiger partial charge on any atom is -0.365 e. The highest BCUT2D eigenvalue weighted by Crippen LogP contribution is 2.24. The predicted octanol–water partition coefficient (Wildman–Crippen LogP) is 2.19. The molecule has 1 atom stereocenters. The van der Waals surface area contributed by atoms with Crippen LogP contribution in [0.4, 0.5) is 0 Å². The van der Waals surface area contributed by atoms with Crippen molar-refractivity contribution in [2.45, 2.75) is 45.1 Å². The summed E-state index contributed by atoms with van der Waals surface area (Å²) in [5, 5.41) is 9.45. The molecule has 1 unspecified atom stereocenters. The molecule has 6 heteroatoms. The Morgan fingerprint density at radius 1 is 1.04 bits per heavy atom. The standard InChI is InChI=1S/C20H32N6/c1-18-7-5-11-24(18)13-14-26-16-15-25(20(26)19(17-21)22-2)12-6-10-23-8-3-4-9-23/h18H,3-16H2,1H3. The number of allylic oxidation sites excluding steroid dienone is 1. The third kappa shape index (κ3) is 4.50. The Kier molecular flexibility index (Phi) is 6.77. The van der Waals surface area contributed by atoms with E-state index in [1.54, 1.807) is 0 Å². The molecule has 0 saturated carbocycles. The van der Waals surface area contributed by atoms with Crippen LogP contribution in [0, 0.1) is 17.9 Å². The van der Waals surface area contributed by atoms with E-state index in [4.69, 9.17) is 6.57 Å². The third-order valence-electron chi connectivity index (χ3n) is 6.12. The Bertz CT molecular complexity index is 564. The molecule has 0 aliphatic carbocycles. The second-order valence-corrected chi connectivity index (χ2v) is 7.80. The van der Waals surface area contributed by atoms with Crippen LogP contribution in [0.25, 0.3) is 4.85 Å². The van der Waals surface area contributed by atoms with Crippen molar-refractivity contribution in [3.05, 3.63) is 22.9 Å². The van der Waals surface area contributed by atoms with E-state index in [2.05, 4.69) is 37.4 Å². The average molecular weight is 357 g/mol. The molecule has 142 valence electrons. The van der Waals surface area contributed by atoms with E-state index in [-0.39, 0.29) is 5.70 Å². The van der Waals surface area contributed by atoms with Crippen molar-refractivity contribution in [3.63, 3.8) is 0 Å². The molecule has 0 amide bonds. The van der Waals surface area contributed by atoms with Crippen molar-refractivity contribution in [3.8, 4) is 6.07 Å². The van der Waals surface area contributed by atoms with E-state index < -0.39 is 0 Å². The number of nitriles is 1. The zero-order chi connectivity index (χ0) is 18.4. The number of likely N-dealkylation sites (tertiary alicyclic amines) is 2. The second kappa shape index (κ2) is 9.26. The maximum absolute atomic E-state index is 9.45. The minimum absolute atomic E-state index is 0.262. The molecule has 3 saturated heterocycles. The van der Waals surface area contributed by atoms with E-state index >= 15 is 0 Å². The van der Waals surface area contributed by atoms with Gasteiger partial charge in [-0.25, -0.2) is 10.1 Å². The first-order valence-corrected chi connectivity index (χ1v) is 10.2. The monoisotopic (exact) mass is 356 g/mol. The molecule has 0 N–H and O–H groups in total. The zero-order valence-corrected chi connectivity index (χ0v) is 16.2. The fourth-order valence-corrected chi connectivity index (χ4v) is 4.58. The lowest BCUT2D eigenvalue weighted by Crippen LogP contribution is -2.36. The molecule has 0 radical (unpaired) electrons. The largest absolute Gasteiger partial charge is 0.365 e.